The first kappa shape index (κ1) is 22.2. The minimum atomic E-state index is -3.56. The van der Waals surface area contributed by atoms with Crippen molar-refractivity contribution >= 4 is 31.7 Å². The first-order valence-corrected chi connectivity index (χ1v) is 12.1. The third kappa shape index (κ3) is 6.03. The van der Waals surface area contributed by atoms with Crippen molar-refractivity contribution < 1.29 is 13.2 Å². The second-order valence-corrected chi connectivity index (χ2v) is 10.2. The lowest BCUT2D eigenvalue weighted by atomic mass is 10.2. The summed E-state index contributed by atoms with van der Waals surface area (Å²) < 4.78 is 27.5. The predicted octanol–water partition coefficient (Wildman–Crippen LogP) is 3.54. The van der Waals surface area contributed by atoms with E-state index >= 15 is 0 Å². The molecule has 2 aromatic carbocycles. The number of hydrogen-bond acceptors (Lipinski definition) is 4. The van der Waals surface area contributed by atoms with E-state index in [9.17, 15) is 13.2 Å². The molecule has 1 amide bonds. The van der Waals surface area contributed by atoms with E-state index in [-0.39, 0.29) is 12.3 Å². The van der Waals surface area contributed by atoms with Gasteiger partial charge < -0.3 is 5.32 Å². The van der Waals surface area contributed by atoms with E-state index in [2.05, 4.69) is 26.3 Å². The summed E-state index contributed by atoms with van der Waals surface area (Å²) in [4.78, 5) is 12.3. The number of nitrogens with zero attached hydrogens (tertiary/aromatic N) is 2. The largest absolute Gasteiger partial charge is 0.351 e. The van der Waals surface area contributed by atoms with Crippen molar-refractivity contribution in [2.75, 3.05) is 5.75 Å². The molecule has 1 aromatic heterocycles. The zero-order chi connectivity index (χ0) is 21.7. The van der Waals surface area contributed by atoms with Crippen LogP contribution in [-0.4, -0.2) is 29.9 Å². The van der Waals surface area contributed by atoms with Crippen molar-refractivity contribution in [2.45, 2.75) is 32.7 Å². The summed E-state index contributed by atoms with van der Waals surface area (Å²) in [5.41, 5.74) is 4.47. The Bertz CT molecular complexity index is 1120. The van der Waals surface area contributed by atoms with E-state index in [1.165, 1.54) is 0 Å². The van der Waals surface area contributed by atoms with Gasteiger partial charge in [0, 0.05) is 22.3 Å². The average Bonchev–Trinajstić information content (AvgIpc) is 2.95. The SMILES string of the molecule is Cc1nn(Cc2ccccc2)c(C)c1CNC(=O)CS(=O)(=O)Cc1ccc(Br)cc1. The van der Waals surface area contributed by atoms with E-state index in [1.807, 2.05) is 48.9 Å². The van der Waals surface area contributed by atoms with E-state index in [0.29, 0.717) is 12.1 Å². The van der Waals surface area contributed by atoms with Crippen LogP contribution in [0, 0.1) is 13.8 Å². The van der Waals surface area contributed by atoms with Crippen molar-refractivity contribution in [3.8, 4) is 0 Å². The molecule has 30 heavy (non-hydrogen) atoms. The zero-order valence-corrected chi connectivity index (χ0v) is 19.3. The number of halogens is 1. The van der Waals surface area contributed by atoms with Crippen molar-refractivity contribution in [1.29, 1.82) is 0 Å². The van der Waals surface area contributed by atoms with Crippen LogP contribution in [0.4, 0.5) is 0 Å². The molecule has 0 spiro atoms. The van der Waals surface area contributed by atoms with Gasteiger partial charge in [0.15, 0.2) is 9.84 Å². The van der Waals surface area contributed by atoms with Gasteiger partial charge in [-0.3, -0.25) is 9.48 Å². The quantitative estimate of drug-likeness (QED) is 0.524. The number of sulfone groups is 1. The molecule has 0 aliphatic rings. The Morgan fingerprint density at radius 2 is 1.70 bits per heavy atom. The van der Waals surface area contributed by atoms with Crippen LogP contribution in [0.15, 0.2) is 59.1 Å². The Morgan fingerprint density at radius 1 is 1.03 bits per heavy atom. The number of aryl methyl sites for hydroxylation is 1. The summed E-state index contributed by atoms with van der Waals surface area (Å²) in [5, 5.41) is 7.29. The van der Waals surface area contributed by atoms with Crippen molar-refractivity contribution in [2.24, 2.45) is 0 Å². The summed E-state index contributed by atoms with van der Waals surface area (Å²) in [6.45, 7) is 4.73. The molecule has 0 bridgehead atoms. The number of carbonyl (C=O) groups is 1. The standard InChI is InChI=1S/C22H24BrN3O3S/c1-16-21(17(2)26(25-16)13-18-6-4-3-5-7-18)12-24-22(27)15-30(28,29)14-19-8-10-20(23)11-9-19/h3-11H,12-15H2,1-2H3,(H,24,27). The fourth-order valence-electron chi connectivity index (χ4n) is 3.22. The number of carbonyl (C=O) groups excluding carboxylic acids is 1. The molecule has 158 valence electrons. The summed E-state index contributed by atoms with van der Waals surface area (Å²) in [5.74, 6) is -1.22. The number of hydrogen-bond donors (Lipinski definition) is 1. The topological polar surface area (TPSA) is 81.1 Å². The van der Waals surface area contributed by atoms with Gasteiger partial charge in [0.1, 0.15) is 5.75 Å². The van der Waals surface area contributed by atoms with Crippen molar-refractivity contribution in [3.05, 3.63) is 87.1 Å². The van der Waals surface area contributed by atoms with Crippen LogP contribution in [-0.2, 0) is 33.5 Å². The molecule has 8 heteroatoms. The van der Waals surface area contributed by atoms with E-state index < -0.39 is 21.5 Å². The fourth-order valence-corrected chi connectivity index (χ4v) is 4.79. The molecule has 6 nitrogen and oxygen atoms in total. The summed E-state index contributed by atoms with van der Waals surface area (Å²) in [6, 6.07) is 17.0. The zero-order valence-electron chi connectivity index (χ0n) is 16.9. The Morgan fingerprint density at radius 3 is 2.37 bits per heavy atom. The van der Waals surface area contributed by atoms with Crippen molar-refractivity contribution in [3.63, 3.8) is 0 Å². The maximum absolute atomic E-state index is 12.4. The summed E-state index contributed by atoms with van der Waals surface area (Å²) >= 11 is 3.32. The fraction of sp³-hybridized carbons (Fsp3) is 0.273. The monoisotopic (exact) mass is 489 g/mol. The lowest BCUT2D eigenvalue weighted by molar-refractivity contribution is -0.118. The molecular weight excluding hydrogens is 466 g/mol. The molecule has 0 aliphatic carbocycles. The highest BCUT2D eigenvalue weighted by molar-refractivity contribution is 9.10. The van der Waals surface area contributed by atoms with Gasteiger partial charge in [-0.1, -0.05) is 58.4 Å². The maximum Gasteiger partial charge on any atom is 0.235 e. The Kier molecular flexibility index (Phi) is 7.10. The first-order valence-electron chi connectivity index (χ1n) is 9.52. The summed E-state index contributed by atoms with van der Waals surface area (Å²) in [7, 11) is -3.56. The molecule has 0 saturated heterocycles. The smallest absolute Gasteiger partial charge is 0.235 e. The third-order valence-corrected chi connectivity index (χ3v) is 6.82. The van der Waals surface area contributed by atoms with Crippen molar-refractivity contribution in [1.82, 2.24) is 15.1 Å². The minimum Gasteiger partial charge on any atom is -0.351 e. The molecule has 3 aromatic rings. The summed E-state index contributed by atoms with van der Waals surface area (Å²) in [6.07, 6.45) is 0. The second kappa shape index (κ2) is 9.57. The molecule has 0 unspecified atom stereocenters. The highest BCUT2D eigenvalue weighted by Crippen LogP contribution is 2.15. The maximum atomic E-state index is 12.4. The minimum absolute atomic E-state index is 0.166. The van der Waals surface area contributed by atoms with Crippen LogP contribution in [0.5, 0.6) is 0 Å². The molecule has 0 saturated carbocycles. The number of aromatic nitrogens is 2. The first-order chi connectivity index (χ1) is 14.2. The number of rotatable bonds is 8. The van der Waals surface area contributed by atoms with Crippen LogP contribution in [0.3, 0.4) is 0 Å². The molecule has 1 N–H and O–H groups in total. The van der Waals surface area contributed by atoms with Crippen LogP contribution in [0.1, 0.15) is 28.1 Å². The Balaban J connectivity index is 1.59. The Labute approximate surface area is 185 Å². The molecule has 0 radical (unpaired) electrons. The lowest BCUT2D eigenvalue weighted by Crippen LogP contribution is -2.30. The van der Waals surface area contributed by atoms with Crippen LogP contribution in [0.25, 0.3) is 0 Å². The van der Waals surface area contributed by atoms with Gasteiger partial charge in [-0.2, -0.15) is 5.10 Å². The van der Waals surface area contributed by atoms with Gasteiger partial charge >= 0.3 is 0 Å². The predicted molar refractivity (Wildman–Crippen MR) is 121 cm³/mol. The van der Waals surface area contributed by atoms with Crippen LogP contribution in [0.2, 0.25) is 0 Å². The van der Waals surface area contributed by atoms with Gasteiger partial charge in [-0.25, -0.2) is 8.42 Å². The van der Waals surface area contributed by atoms with E-state index in [0.717, 1.165) is 27.0 Å². The average molecular weight is 490 g/mol. The van der Waals surface area contributed by atoms with Crippen LogP contribution >= 0.6 is 15.9 Å². The molecule has 3 rings (SSSR count). The molecule has 0 atom stereocenters. The molecule has 0 fully saturated rings. The molecule has 1 heterocycles. The van der Waals surface area contributed by atoms with Gasteiger partial charge in [0.2, 0.25) is 5.91 Å². The third-order valence-electron chi connectivity index (χ3n) is 4.82. The molecular formula is C22H24BrN3O3S. The van der Waals surface area contributed by atoms with Gasteiger partial charge in [-0.15, -0.1) is 0 Å². The number of nitrogens with one attached hydrogen (secondary N) is 1. The highest BCUT2D eigenvalue weighted by Gasteiger charge is 2.19. The second-order valence-electron chi connectivity index (χ2n) is 7.23. The number of amides is 1. The normalized spacial score (nSPS) is 11.4. The van der Waals surface area contributed by atoms with E-state index in [1.54, 1.807) is 24.3 Å². The van der Waals surface area contributed by atoms with E-state index in [4.69, 9.17) is 0 Å². The highest BCUT2D eigenvalue weighted by atomic mass is 79.9. The molecule has 0 aliphatic heterocycles. The van der Waals surface area contributed by atoms with Gasteiger partial charge in [0.05, 0.1) is 18.0 Å². The van der Waals surface area contributed by atoms with Gasteiger partial charge in [-0.05, 0) is 37.1 Å². The Hall–Kier alpha value is -2.45. The lowest BCUT2D eigenvalue weighted by Gasteiger charge is -2.08. The van der Waals surface area contributed by atoms with Crippen LogP contribution < -0.4 is 5.32 Å². The number of benzene rings is 2. The van der Waals surface area contributed by atoms with Gasteiger partial charge in [0.25, 0.3) is 0 Å².